The molecule has 0 aliphatic carbocycles. The Bertz CT molecular complexity index is 700. The van der Waals surface area contributed by atoms with E-state index in [-0.39, 0.29) is 5.91 Å². The lowest BCUT2D eigenvalue weighted by Gasteiger charge is -2.27. The van der Waals surface area contributed by atoms with Crippen LogP contribution in [0.15, 0.2) is 48.5 Å². The van der Waals surface area contributed by atoms with Gasteiger partial charge in [0.05, 0.1) is 13.2 Å². The zero-order chi connectivity index (χ0) is 17.5. The molecule has 2 aromatic rings. The number of aryl methyl sites for hydroxylation is 1. The highest BCUT2D eigenvalue weighted by Crippen LogP contribution is 2.23. The number of carbonyl (C=O) groups excluding carboxylic acids is 1. The van der Waals surface area contributed by atoms with Gasteiger partial charge in [-0.05, 0) is 29.7 Å². The molecule has 0 atom stereocenters. The Kier molecular flexibility index (Phi) is 6.45. The smallest absolute Gasteiger partial charge is 0.224 e. The largest absolute Gasteiger partial charge is 0.379 e. The van der Waals surface area contributed by atoms with Gasteiger partial charge in [-0.2, -0.15) is 0 Å². The molecule has 1 saturated heterocycles. The minimum Gasteiger partial charge on any atom is -0.379 e. The van der Waals surface area contributed by atoms with E-state index in [0.29, 0.717) is 11.4 Å². The van der Waals surface area contributed by atoms with Crippen molar-refractivity contribution in [1.82, 2.24) is 4.90 Å². The third kappa shape index (κ3) is 5.56. The lowest BCUT2D eigenvalue weighted by atomic mass is 10.1. The van der Waals surface area contributed by atoms with Crippen LogP contribution in [0.4, 0.5) is 5.69 Å². The van der Waals surface area contributed by atoms with E-state index < -0.39 is 0 Å². The van der Waals surface area contributed by atoms with Crippen molar-refractivity contribution in [3.8, 4) is 0 Å². The Morgan fingerprint density at radius 1 is 1.12 bits per heavy atom. The third-order valence-electron chi connectivity index (χ3n) is 4.32. The van der Waals surface area contributed by atoms with Crippen molar-refractivity contribution in [2.75, 3.05) is 31.6 Å². The van der Waals surface area contributed by atoms with E-state index in [1.807, 2.05) is 48.5 Å². The maximum Gasteiger partial charge on any atom is 0.224 e. The molecular formula is C20H23ClN2O2. The number of carbonyl (C=O) groups is 1. The van der Waals surface area contributed by atoms with E-state index in [1.54, 1.807) is 0 Å². The maximum atomic E-state index is 12.1. The fraction of sp³-hybridized carbons (Fsp3) is 0.350. The summed E-state index contributed by atoms with van der Waals surface area (Å²) in [6.45, 7) is 4.20. The number of morpholine rings is 1. The molecule has 0 spiro atoms. The van der Waals surface area contributed by atoms with Gasteiger partial charge in [-0.1, -0.05) is 48.0 Å². The predicted octanol–water partition coefficient (Wildman–Crippen LogP) is 3.74. The number of nitrogens with zero attached hydrogens (tertiary/aromatic N) is 1. The number of hydrogen-bond donors (Lipinski definition) is 1. The molecule has 0 aromatic heterocycles. The number of rotatable bonds is 6. The number of nitrogens with one attached hydrogen (secondary N) is 1. The topological polar surface area (TPSA) is 41.6 Å². The first-order valence-electron chi connectivity index (χ1n) is 8.63. The predicted molar refractivity (Wildman–Crippen MR) is 101 cm³/mol. The van der Waals surface area contributed by atoms with Crippen molar-refractivity contribution in [3.63, 3.8) is 0 Å². The monoisotopic (exact) mass is 358 g/mol. The minimum absolute atomic E-state index is 0.000786. The molecule has 1 heterocycles. The molecular weight excluding hydrogens is 336 g/mol. The summed E-state index contributed by atoms with van der Waals surface area (Å²) in [6, 6.07) is 15.8. The summed E-state index contributed by atoms with van der Waals surface area (Å²) < 4.78 is 5.36. The number of amides is 1. The Labute approximate surface area is 153 Å². The van der Waals surface area contributed by atoms with Crippen LogP contribution in [-0.2, 0) is 22.5 Å². The summed E-state index contributed by atoms with van der Waals surface area (Å²) >= 11 is 6.40. The van der Waals surface area contributed by atoms with Crippen molar-refractivity contribution in [2.45, 2.75) is 19.4 Å². The van der Waals surface area contributed by atoms with Gasteiger partial charge in [0, 0.05) is 36.8 Å². The van der Waals surface area contributed by atoms with Crippen LogP contribution in [0.1, 0.15) is 17.5 Å². The van der Waals surface area contributed by atoms with Crippen LogP contribution in [0.5, 0.6) is 0 Å². The fourth-order valence-corrected chi connectivity index (χ4v) is 3.12. The van der Waals surface area contributed by atoms with E-state index in [1.165, 1.54) is 0 Å². The van der Waals surface area contributed by atoms with E-state index in [4.69, 9.17) is 16.3 Å². The quantitative estimate of drug-likeness (QED) is 0.855. The maximum absolute atomic E-state index is 12.1. The van der Waals surface area contributed by atoms with Crippen molar-refractivity contribution in [2.24, 2.45) is 0 Å². The Hall–Kier alpha value is -1.88. The van der Waals surface area contributed by atoms with Gasteiger partial charge < -0.3 is 10.1 Å². The average Bonchev–Trinajstić information content (AvgIpc) is 2.64. The summed E-state index contributed by atoms with van der Waals surface area (Å²) in [6.07, 6.45) is 1.19. The molecule has 1 fully saturated rings. The molecule has 2 aromatic carbocycles. The highest BCUT2D eigenvalue weighted by atomic mass is 35.5. The second kappa shape index (κ2) is 8.99. The molecule has 5 heteroatoms. The van der Waals surface area contributed by atoms with Gasteiger partial charge in [0.1, 0.15) is 0 Å². The molecule has 1 aliphatic heterocycles. The second-order valence-corrected chi connectivity index (χ2v) is 6.64. The van der Waals surface area contributed by atoms with Crippen molar-refractivity contribution in [1.29, 1.82) is 0 Å². The first kappa shape index (κ1) is 17.9. The highest BCUT2D eigenvalue weighted by Gasteiger charge is 2.13. The van der Waals surface area contributed by atoms with Crippen LogP contribution < -0.4 is 5.32 Å². The normalized spacial score (nSPS) is 15.1. The van der Waals surface area contributed by atoms with Crippen molar-refractivity contribution in [3.05, 3.63) is 64.7 Å². The van der Waals surface area contributed by atoms with Gasteiger partial charge in [0.25, 0.3) is 0 Å². The molecule has 1 amide bonds. The second-order valence-electron chi connectivity index (χ2n) is 6.23. The van der Waals surface area contributed by atoms with Crippen LogP contribution in [0.25, 0.3) is 0 Å². The third-order valence-corrected chi connectivity index (χ3v) is 4.67. The molecule has 0 saturated carbocycles. The fourth-order valence-electron chi connectivity index (χ4n) is 2.88. The molecule has 1 aliphatic rings. The first-order chi connectivity index (χ1) is 12.2. The molecule has 0 bridgehead atoms. The molecule has 132 valence electrons. The van der Waals surface area contributed by atoms with Gasteiger partial charge in [-0.3, -0.25) is 9.69 Å². The lowest BCUT2D eigenvalue weighted by Crippen LogP contribution is -2.35. The van der Waals surface area contributed by atoms with E-state index >= 15 is 0 Å². The first-order valence-corrected chi connectivity index (χ1v) is 9.01. The number of anilines is 1. The zero-order valence-electron chi connectivity index (χ0n) is 14.2. The van der Waals surface area contributed by atoms with E-state index in [9.17, 15) is 4.79 Å². The van der Waals surface area contributed by atoms with Gasteiger partial charge in [-0.15, -0.1) is 0 Å². The number of halogens is 1. The van der Waals surface area contributed by atoms with Gasteiger partial charge >= 0.3 is 0 Å². The van der Waals surface area contributed by atoms with E-state index in [0.717, 1.165) is 56.1 Å². The molecule has 3 rings (SSSR count). The molecule has 0 unspecified atom stereocenters. The van der Waals surface area contributed by atoms with Gasteiger partial charge in [0.15, 0.2) is 0 Å². The van der Waals surface area contributed by atoms with Crippen LogP contribution in [0.3, 0.4) is 0 Å². The highest BCUT2D eigenvalue weighted by molar-refractivity contribution is 6.31. The molecule has 1 N–H and O–H groups in total. The summed E-state index contributed by atoms with van der Waals surface area (Å²) in [7, 11) is 0. The SMILES string of the molecule is O=C(CCc1ccccc1)Nc1ccc(CN2CCOCC2)c(Cl)c1. The van der Waals surface area contributed by atoms with Crippen molar-refractivity contribution >= 4 is 23.2 Å². The van der Waals surface area contributed by atoms with Crippen LogP contribution in [0, 0.1) is 0 Å². The van der Waals surface area contributed by atoms with Crippen LogP contribution in [-0.4, -0.2) is 37.1 Å². The standard InChI is InChI=1S/C20H23ClN2O2/c21-19-14-18(8-7-17(19)15-23-10-12-25-13-11-23)22-20(24)9-6-16-4-2-1-3-5-16/h1-5,7-8,14H,6,9-13,15H2,(H,22,24). The van der Waals surface area contributed by atoms with Crippen LogP contribution in [0.2, 0.25) is 5.02 Å². The zero-order valence-corrected chi connectivity index (χ0v) is 15.0. The Balaban J connectivity index is 1.52. The Morgan fingerprint density at radius 2 is 1.88 bits per heavy atom. The molecule has 4 nitrogen and oxygen atoms in total. The number of benzene rings is 2. The molecule has 25 heavy (non-hydrogen) atoms. The van der Waals surface area contributed by atoms with Crippen LogP contribution >= 0.6 is 11.6 Å². The number of ether oxygens (including phenoxy) is 1. The lowest BCUT2D eigenvalue weighted by molar-refractivity contribution is -0.116. The molecule has 0 radical (unpaired) electrons. The van der Waals surface area contributed by atoms with E-state index in [2.05, 4.69) is 10.2 Å². The average molecular weight is 359 g/mol. The van der Waals surface area contributed by atoms with Gasteiger partial charge in [-0.25, -0.2) is 0 Å². The van der Waals surface area contributed by atoms with Gasteiger partial charge in [0.2, 0.25) is 5.91 Å². The summed E-state index contributed by atoms with van der Waals surface area (Å²) in [5, 5.41) is 3.61. The summed E-state index contributed by atoms with van der Waals surface area (Å²) in [5.74, 6) is 0.000786. The number of hydrogen-bond acceptors (Lipinski definition) is 3. The Morgan fingerprint density at radius 3 is 2.60 bits per heavy atom. The minimum atomic E-state index is 0.000786. The van der Waals surface area contributed by atoms with Crippen molar-refractivity contribution < 1.29 is 9.53 Å². The summed E-state index contributed by atoms with van der Waals surface area (Å²) in [4.78, 5) is 14.4. The summed E-state index contributed by atoms with van der Waals surface area (Å²) in [5.41, 5.74) is 2.98.